The highest BCUT2D eigenvalue weighted by Gasteiger charge is 2.01. The number of fused-ring (bicyclic) bond motifs is 1. The lowest BCUT2D eigenvalue weighted by atomic mass is 10.3. The highest BCUT2D eigenvalue weighted by atomic mass is 79.9. The monoisotopic (exact) mass is 282 g/mol. The summed E-state index contributed by atoms with van der Waals surface area (Å²) in [6.07, 6.45) is 1.62. The minimum absolute atomic E-state index is 0.479. The predicted octanol–water partition coefficient (Wildman–Crippen LogP) is 2.42. The summed E-state index contributed by atoms with van der Waals surface area (Å²) in [6.45, 7) is 1.02. The lowest BCUT2D eigenvalue weighted by molar-refractivity contribution is 0.143. The minimum Gasteiger partial charge on any atom is -0.474 e. The van der Waals surface area contributed by atoms with Gasteiger partial charge in [0.05, 0.1) is 23.8 Å². The molecule has 5 heteroatoms. The van der Waals surface area contributed by atoms with Gasteiger partial charge >= 0.3 is 0 Å². The molecule has 0 bridgehead atoms. The molecule has 0 spiro atoms. The first-order valence-electron chi connectivity index (χ1n) is 4.83. The Morgan fingerprint density at radius 1 is 1.25 bits per heavy atom. The van der Waals surface area contributed by atoms with Gasteiger partial charge in [0.1, 0.15) is 6.61 Å². The standard InChI is InChI=1S/C11H11BrN2O2/c1-15-4-5-16-11-7-13-10-6-8(12)2-3-9(10)14-11/h2-3,6-7H,4-5H2,1H3. The quantitative estimate of drug-likeness (QED) is 0.808. The average Bonchev–Trinajstić information content (AvgIpc) is 2.29. The van der Waals surface area contributed by atoms with Gasteiger partial charge in [-0.05, 0) is 18.2 Å². The Morgan fingerprint density at radius 2 is 2.12 bits per heavy atom. The van der Waals surface area contributed by atoms with E-state index < -0.39 is 0 Å². The lowest BCUT2D eigenvalue weighted by Crippen LogP contribution is -2.05. The summed E-state index contributed by atoms with van der Waals surface area (Å²) in [7, 11) is 1.63. The zero-order valence-corrected chi connectivity index (χ0v) is 10.4. The molecule has 4 nitrogen and oxygen atoms in total. The molecule has 0 N–H and O–H groups in total. The van der Waals surface area contributed by atoms with Crippen LogP contribution in [0.15, 0.2) is 28.9 Å². The largest absolute Gasteiger partial charge is 0.474 e. The SMILES string of the molecule is COCCOc1cnc2cc(Br)ccc2n1. The van der Waals surface area contributed by atoms with E-state index in [4.69, 9.17) is 9.47 Å². The molecule has 0 unspecified atom stereocenters. The van der Waals surface area contributed by atoms with Gasteiger partial charge in [0.25, 0.3) is 0 Å². The van der Waals surface area contributed by atoms with Gasteiger partial charge in [0.2, 0.25) is 5.88 Å². The van der Waals surface area contributed by atoms with Crippen molar-refractivity contribution in [3.05, 3.63) is 28.9 Å². The van der Waals surface area contributed by atoms with Gasteiger partial charge in [-0.3, -0.25) is 0 Å². The Balaban J connectivity index is 2.20. The maximum absolute atomic E-state index is 5.37. The van der Waals surface area contributed by atoms with Crippen LogP contribution in [-0.2, 0) is 4.74 Å². The second-order valence-electron chi connectivity index (χ2n) is 3.18. The fraction of sp³-hybridized carbons (Fsp3) is 0.273. The molecule has 1 aromatic heterocycles. The summed E-state index contributed by atoms with van der Waals surface area (Å²) in [5.74, 6) is 0.520. The van der Waals surface area contributed by atoms with Crippen LogP contribution >= 0.6 is 15.9 Å². The summed E-state index contributed by atoms with van der Waals surface area (Å²) >= 11 is 3.39. The summed E-state index contributed by atoms with van der Waals surface area (Å²) < 4.78 is 11.3. The first kappa shape index (κ1) is 11.3. The van der Waals surface area contributed by atoms with Gasteiger partial charge in [0, 0.05) is 11.6 Å². The van der Waals surface area contributed by atoms with E-state index in [1.54, 1.807) is 13.3 Å². The Labute approximate surface area is 102 Å². The molecule has 1 aromatic carbocycles. The van der Waals surface area contributed by atoms with Crippen LogP contribution in [0.5, 0.6) is 5.88 Å². The molecule has 2 rings (SSSR count). The molecule has 2 aromatic rings. The first-order chi connectivity index (χ1) is 7.79. The van der Waals surface area contributed by atoms with Crippen LogP contribution in [0.4, 0.5) is 0 Å². The molecule has 16 heavy (non-hydrogen) atoms. The van der Waals surface area contributed by atoms with Crippen LogP contribution in [0, 0.1) is 0 Å². The second kappa shape index (κ2) is 5.23. The number of methoxy groups -OCH3 is 1. The Hall–Kier alpha value is -1.20. The van der Waals surface area contributed by atoms with E-state index >= 15 is 0 Å². The highest BCUT2D eigenvalue weighted by molar-refractivity contribution is 9.10. The Bertz CT molecular complexity index is 490. The molecule has 0 aliphatic heterocycles. The molecular weight excluding hydrogens is 272 g/mol. The molecule has 0 aliphatic carbocycles. The van der Waals surface area contributed by atoms with Crippen molar-refractivity contribution < 1.29 is 9.47 Å². The normalized spacial score (nSPS) is 10.6. The van der Waals surface area contributed by atoms with Gasteiger partial charge in [-0.1, -0.05) is 15.9 Å². The van der Waals surface area contributed by atoms with Crippen molar-refractivity contribution in [3.8, 4) is 5.88 Å². The van der Waals surface area contributed by atoms with E-state index in [1.165, 1.54) is 0 Å². The van der Waals surface area contributed by atoms with Gasteiger partial charge in [-0.15, -0.1) is 0 Å². The van der Waals surface area contributed by atoms with E-state index in [0.717, 1.165) is 15.5 Å². The molecule has 0 amide bonds. The summed E-state index contributed by atoms with van der Waals surface area (Å²) in [4.78, 5) is 8.59. The number of nitrogens with zero attached hydrogens (tertiary/aromatic N) is 2. The smallest absolute Gasteiger partial charge is 0.232 e. The van der Waals surface area contributed by atoms with Crippen molar-refractivity contribution in [2.45, 2.75) is 0 Å². The third-order valence-electron chi connectivity index (χ3n) is 2.02. The van der Waals surface area contributed by atoms with Crippen molar-refractivity contribution in [2.24, 2.45) is 0 Å². The topological polar surface area (TPSA) is 44.2 Å². The summed E-state index contributed by atoms with van der Waals surface area (Å²) in [6, 6.07) is 5.74. The van der Waals surface area contributed by atoms with Crippen LogP contribution in [0.2, 0.25) is 0 Å². The molecule has 0 saturated carbocycles. The van der Waals surface area contributed by atoms with Crippen LogP contribution in [0.1, 0.15) is 0 Å². The van der Waals surface area contributed by atoms with Crippen molar-refractivity contribution in [1.82, 2.24) is 9.97 Å². The fourth-order valence-electron chi connectivity index (χ4n) is 1.27. The molecule has 0 aliphatic rings. The van der Waals surface area contributed by atoms with E-state index in [0.29, 0.717) is 19.1 Å². The third kappa shape index (κ3) is 2.68. The number of hydrogen-bond donors (Lipinski definition) is 0. The van der Waals surface area contributed by atoms with Crippen molar-refractivity contribution in [3.63, 3.8) is 0 Å². The van der Waals surface area contributed by atoms with Crippen molar-refractivity contribution in [2.75, 3.05) is 20.3 Å². The van der Waals surface area contributed by atoms with E-state index in [2.05, 4.69) is 25.9 Å². The number of aromatic nitrogens is 2. The van der Waals surface area contributed by atoms with E-state index in [1.807, 2.05) is 18.2 Å². The molecule has 84 valence electrons. The molecule has 1 heterocycles. The van der Waals surface area contributed by atoms with E-state index in [-0.39, 0.29) is 0 Å². The number of rotatable bonds is 4. The molecule has 0 saturated heterocycles. The highest BCUT2D eigenvalue weighted by Crippen LogP contribution is 2.18. The molecule has 0 fully saturated rings. The maximum atomic E-state index is 5.37. The zero-order valence-electron chi connectivity index (χ0n) is 8.81. The minimum atomic E-state index is 0.479. The van der Waals surface area contributed by atoms with Crippen LogP contribution < -0.4 is 4.74 Å². The van der Waals surface area contributed by atoms with Gasteiger partial charge < -0.3 is 9.47 Å². The van der Waals surface area contributed by atoms with Gasteiger partial charge in [0.15, 0.2) is 0 Å². The van der Waals surface area contributed by atoms with Crippen molar-refractivity contribution in [1.29, 1.82) is 0 Å². The summed E-state index contributed by atoms with van der Waals surface area (Å²) in [5.41, 5.74) is 1.66. The molecule has 0 atom stereocenters. The second-order valence-corrected chi connectivity index (χ2v) is 4.10. The number of halogens is 1. The van der Waals surface area contributed by atoms with Gasteiger partial charge in [-0.2, -0.15) is 0 Å². The Kier molecular flexibility index (Phi) is 3.69. The van der Waals surface area contributed by atoms with E-state index in [9.17, 15) is 0 Å². The molecular formula is C11H11BrN2O2. The van der Waals surface area contributed by atoms with Gasteiger partial charge in [-0.25, -0.2) is 9.97 Å². The maximum Gasteiger partial charge on any atom is 0.232 e. The fourth-order valence-corrected chi connectivity index (χ4v) is 1.61. The summed E-state index contributed by atoms with van der Waals surface area (Å²) in [5, 5.41) is 0. The van der Waals surface area contributed by atoms with Crippen LogP contribution in [0.25, 0.3) is 11.0 Å². The zero-order chi connectivity index (χ0) is 11.4. The predicted molar refractivity (Wildman–Crippen MR) is 64.6 cm³/mol. The van der Waals surface area contributed by atoms with Crippen molar-refractivity contribution >= 4 is 27.0 Å². The Morgan fingerprint density at radius 3 is 2.94 bits per heavy atom. The number of benzene rings is 1. The lowest BCUT2D eigenvalue weighted by Gasteiger charge is -2.04. The molecule has 0 radical (unpaired) electrons. The number of hydrogen-bond acceptors (Lipinski definition) is 4. The number of ether oxygens (including phenoxy) is 2. The van der Waals surface area contributed by atoms with Crippen LogP contribution in [-0.4, -0.2) is 30.3 Å². The van der Waals surface area contributed by atoms with Crippen LogP contribution in [0.3, 0.4) is 0 Å². The average molecular weight is 283 g/mol. The first-order valence-corrected chi connectivity index (χ1v) is 5.63. The third-order valence-corrected chi connectivity index (χ3v) is 2.51.